The fourth-order valence-electron chi connectivity index (χ4n) is 2.56. The molecule has 2 rings (SSSR count). The van der Waals surface area contributed by atoms with Crippen molar-refractivity contribution in [2.24, 2.45) is 5.92 Å². The standard InChI is InChI=1S/C16H21NO4/c1-12-3-2-4-14(9-12)21-11-15(18)17-8-7-13(10-17)5-6-16(19)20/h2-4,9,13H,5-8,10-11H2,1H3,(H,19,20). The van der Waals surface area contributed by atoms with Gasteiger partial charge in [0.25, 0.3) is 5.91 Å². The third-order valence-electron chi connectivity index (χ3n) is 3.76. The minimum atomic E-state index is -0.775. The normalized spacial score (nSPS) is 17.8. The average molecular weight is 291 g/mol. The maximum atomic E-state index is 12.1. The number of amides is 1. The van der Waals surface area contributed by atoms with Gasteiger partial charge in [0.15, 0.2) is 6.61 Å². The molecule has 1 N–H and O–H groups in total. The van der Waals surface area contributed by atoms with Gasteiger partial charge in [-0.15, -0.1) is 0 Å². The molecule has 1 unspecified atom stereocenters. The number of aryl methyl sites for hydroxylation is 1. The summed E-state index contributed by atoms with van der Waals surface area (Å²) in [5.74, 6) is 0.186. The van der Waals surface area contributed by atoms with Gasteiger partial charge in [0.1, 0.15) is 5.75 Å². The summed E-state index contributed by atoms with van der Waals surface area (Å²) in [6.45, 7) is 3.35. The number of benzene rings is 1. The number of hydrogen-bond donors (Lipinski definition) is 1. The Morgan fingerprint density at radius 2 is 2.24 bits per heavy atom. The second kappa shape index (κ2) is 7.11. The predicted molar refractivity (Wildman–Crippen MR) is 78.2 cm³/mol. The second-order valence-electron chi connectivity index (χ2n) is 5.53. The number of rotatable bonds is 6. The summed E-state index contributed by atoms with van der Waals surface area (Å²) in [4.78, 5) is 24.4. The Balaban J connectivity index is 1.75. The number of aliphatic carboxylic acids is 1. The van der Waals surface area contributed by atoms with E-state index < -0.39 is 5.97 Å². The van der Waals surface area contributed by atoms with Crippen LogP contribution in [0.3, 0.4) is 0 Å². The molecular weight excluding hydrogens is 270 g/mol. The van der Waals surface area contributed by atoms with Crippen molar-refractivity contribution in [2.45, 2.75) is 26.2 Å². The van der Waals surface area contributed by atoms with Crippen molar-refractivity contribution in [2.75, 3.05) is 19.7 Å². The number of carboxylic acids is 1. The Morgan fingerprint density at radius 3 is 2.95 bits per heavy atom. The highest BCUT2D eigenvalue weighted by Crippen LogP contribution is 2.21. The Bertz CT molecular complexity index is 515. The lowest BCUT2D eigenvalue weighted by Crippen LogP contribution is -2.33. The van der Waals surface area contributed by atoms with E-state index in [1.165, 1.54) is 0 Å². The molecule has 1 fully saturated rings. The van der Waals surface area contributed by atoms with Gasteiger partial charge in [-0.3, -0.25) is 9.59 Å². The van der Waals surface area contributed by atoms with E-state index in [9.17, 15) is 9.59 Å². The van der Waals surface area contributed by atoms with Gasteiger partial charge in [0, 0.05) is 19.5 Å². The fraction of sp³-hybridized carbons (Fsp3) is 0.500. The van der Waals surface area contributed by atoms with Crippen molar-refractivity contribution in [3.05, 3.63) is 29.8 Å². The Hall–Kier alpha value is -2.04. The van der Waals surface area contributed by atoms with Crippen LogP contribution in [-0.2, 0) is 9.59 Å². The van der Waals surface area contributed by atoms with Crippen molar-refractivity contribution in [3.8, 4) is 5.75 Å². The summed E-state index contributed by atoms with van der Waals surface area (Å²) in [6, 6.07) is 7.60. The van der Waals surface area contributed by atoms with Crippen LogP contribution in [0.5, 0.6) is 5.75 Å². The van der Waals surface area contributed by atoms with E-state index in [-0.39, 0.29) is 18.9 Å². The van der Waals surface area contributed by atoms with Gasteiger partial charge in [-0.1, -0.05) is 12.1 Å². The molecule has 0 saturated carbocycles. The number of ether oxygens (including phenoxy) is 1. The van der Waals surface area contributed by atoms with E-state index in [0.717, 1.165) is 12.0 Å². The first-order valence-electron chi connectivity index (χ1n) is 7.23. The molecule has 0 aliphatic carbocycles. The van der Waals surface area contributed by atoms with Crippen molar-refractivity contribution >= 4 is 11.9 Å². The highest BCUT2D eigenvalue weighted by Gasteiger charge is 2.26. The molecule has 0 radical (unpaired) electrons. The highest BCUT2D eigenvalue weighted by atomic mass is 16.5. The Morgan fingerprint density at radius 1 is 1.43 bits per heavy atom. The first-order chi connectivity index (χ1) is 10.0. The van der Waals surface area contributed by atoms with Gasteiger partial charge in [-0.05, 0) is 43.4 Å². The van der Waals surface area contributed by atoms with Crippen molar-refractivity contribution in [1.29, 1.82) is 0 Å². The SMILES string of the molecule is Cc1cccc(OCC(=O)N2CCC(CCC(=O)O)C2)c1. The van der Waals surface area contributed by atoms with Gasteiger partial charge < -0.3 is 14.7 Å². The molecule has 1 heterocycles. The summed E-state index contributed by atoms with van der Waals surface area (Å²) in [5.41, 5.74) is 1.09. The van der Waals surface area contributed by atoms with Crippen LogP contribution in [0, 0.1) is 12.8 Å². The summed E-state index contributed by atoms with van der Waals surface area (Å²) in [7, 11) is 0. The van der Waals surface area contributed by atoms with Crippen LogP contribution in [0.15, 0.2) is 24.3 Å². The van der Waals surface area contributed by atoms with Gasteiger partial charge in [0.05, 0.1) is 0 Å². The molecule has 0 spiro atoms. The molecule has 21 heavy (non-hydrogen) atoms. The summed E-state index contributed by atoms with van der Waals surface area (Å²) in [6.07, 6.45) is 1.69. The van der Waals surface area contributed by atoms with Gasteiger partial charge >= 0.3 is 5.97 Å². The fourth-order valence-corrected chi connectivity index (χ4v) is 2.56. The third kappa shape index (κ3) is 4.77. The molecule has 114 valence electrons. The summed E-state index contributed by atoms with van der Waals surface area (Å²) < 4.78 is 5.51. The van der Waals surface area contributed by atoms with Gasteiger partial charge in [-0.25, -0.2) is 0 Å². The van der Waals surface area contributed by atoms with Crippen LogP contribution < -0.4 is 4.74 Å². The van der Waals surface area contributed by atoms with E-state index in [2.05, 4.69) is 0 Å². The summed E-state index contributed by atoms with van der Waals surface area (Å²) in [5, 5.41) is 8.68. The van der Waals surface area contributed by atoms with Gasteiger partial charge in [-0.2, -0.15) is 0 Å². The van der Waals surface area contributed by atoms with Gasteiger partial charge in [0.2, 0.25) is 0 Å². The molecule has 1 aliphatic heterocycles. The second-order valence-corrected chi connectivity index (χ2v) is 5.53. The van der Waals surface area contributed by atoms with Crippen LogP contribution in [-0.4, -0.2) is 41.6 Å². The van der Waals surface area contributed by atoms with Crippen LogP contribution in [0.1, 0.15) is 24.8 Å². The highest BCUT2D eigenvalue weighted by molar-refractivity contribution is 5.78. The number of nitrogens with zero attached hydrogens (tertiary/aromatic N) is 1. The van der Waals surface area contributed by atoms with Crippen LogP contribution in [0.2, 0.25) is 0 Å². The molecule has 1 aromatic carbocycles. The number of carboxylic acid groups (broad SMARTS) is 1. The minimum absolute atomic E-state index is 0.0330. The molecule has 1 amide bonds. The van der Waals surface area contributed by atoms with Crippen molar-refractivity contribution < 1.29 is 19.4 Å². The zero-order chi connectivity index (χ0) is 15.2. The molecule has 1 aliphatic rings. The van der Waals surface area contributed by atoms with E-state index in [4.69, 9.17) is 9.84 Å². The molecule has 5 nitrogen and oxygen atoms in total. The average Bonchev–Trinajstić information content (AvgIpc) is 2.91. The lowest BCUT2D eigenvalue weighted by atomic mass is 10.0. The van der Waals surface area contributed by atoms with Crippen LogP contribution in [0.25, 0.3) is 0 Å². The number of likely N-dealkylation sites (tertiary alicyclic amines) is 1. The topological polar surface area (TPSA) is 66.8 Å². The maximum absolute atomic E-state index is 12.1. The van der Waals surface area contributed by atoms with Crippen molar-refractivity contribution in [1.82, 2.24) is 4.90 Å². The molecule has 1 saturated heterocycles. The maximum Gasteiger partial charge on any atom is 0.303 e. The number of carbonyl (C=O) groups is 2. The smallest absolute Gasteiger partial charge is 0.303 e. The number of hydrogen-bond acceptors (Lipinski definition) is 3. The quantitative estimate of drug-likeness (QED) is 0.871. The largest absolute Gasteiger partial charge is 0.484 e. The monoisotopic (exact) mass is 291 g/mol. The van der Waals surface area contributed by atoms with E-state index in [0.29, 0.717) is 31.2 Å². The molecular formula is C16H21NO4. The Kier molecular flexibility index (Phi) is 5.20. The molecule has 0 aromatic heterocycles. The van der Waals surface area contributed by atoms with Crippen LogP contribution in [0.4, 0.5) is 0 Å². The van der Waals surface area contributed by atoms with E-state index in [1.807, 2.05) is 31.2 Å². The number of carbonyl (C=O) groups excluding carboxylic acids is 1. The van der Waals surface area contributed by atoms with E-state index >= 15 is 0 Å². The molecule has 0 bridgehead atoms. The summed E-state index contributed by atoms with van der Waals surface area (Å²) >= 11 is 0. The molecule has 1 atom stereocenters. The first kappa shape index (κ1) is 15.4. The van der Waals surface area contributed by atoms with E-state index in [1.54, 1.807) is 4.90 Å². The lowest BCUT2D eigenvalue weighted by Gasteiger charge is -2.17. The molecule has 1 aromatic rings. The van der Waals surface area contributed by atoms with Crippen LogP contribution >= 0.6 is 0 Å². The predicted octanol–water partition coefficient (Wildman–Crippen LogP) is 2.09. The zero-order valence-corrected chi connectivity index (χ0v) is 12.2. The van der Waals surface area contributed by atoms with Crippen molar-refractivity contribution in [3.63, 3.8) is 0 Å². The first-order valence-corrected chi connectivity index (χ1v) is 7.23. The third-order valence-corrected chi connectivity index (χ3v) is 3.76. The zero-order valence-electron chi connectivity index (χ0n) is 12.2. The minimum Gasteiger partial charge on any atom is -0.484 e. The lowest BCUT2D eigenvalue weighted by molar-refractivity contribution is -0.137. The Labute approximate surface area is 124 Å². The molecule has 5 heteroatoms.